The van der Waals surface area contributed by atoms with Crippen LogP contribution in [0, 0.1) is 0 Å². The predicted molar refractivity (Wildman–Crippen MR) is 368 cm³/mol. The molecule has 0 unspecified atom stereocenters. The van der Waals surface area contributed by atoms with E-state index in [1.807, 2.05) is 0 Å². The van der Waals surface area contributed by atoms with E-state index in [2.05, 4.69) is 291 Å². The molecule has 0 saturated carbocycles. The lowest BCUT2D eigenvalue weighted by molar-refractivity contribution is 1.79. The van der Waals surface area contributed by atoms with E-state index < -0.39 is 0 Å². The van der Waals surface area contributed by atoms with Gasteiger partial charge in [0.15, 0.2) is 0 Å². The van der Waals surface area contributed by atoms with E-state index in [-0.39, 0.29) is 0 Å². The molecular formula is C84H48. The summed E-state index contributed by atoms with van der Waals surface area (Å²) in [5.74, 6) is 0. The number of benzene rings is 18. The fraction of sp³-hybridized carbons (Fsp3) is 0. The van der Waals surface area contributed by atoms with Crippen LogP contribution in [-0.2, 0) is 0 Å². The maximum absolute atomic E-state index is 2.33. The highest BCUT2D eigenvalue weighted by Gasteiger charge is 2.16. The molecule has 0 aromatic heterocycles. The van der Waals surface area contributed by atoms with Crippen LogP contribution in [0.4, 0.5) is 0 Å². The van der Waals surface area contributed by atoms with Gasteiger partial charge in [-0.3, -0.25) is 0 Å². The van der Waals surface area contributed by atoms with E-state index in [0.29, 0.717) is 0 Å². The van der Waals surface area contributed by atoms with Gasteiger partial charge in [0.2, 0.25) is 0 Å². The number of fused-ring (bicyclic) bond motifs is 5. The van der Waals surface area contributed by atoms with E-state index in [0.717, 1.165) is 0 Å². The lowest BCUT2D eigenvalue weighted by Crippen LogP contribution is -1.86. The van der Waals surface area contributed by atoms with Crippen LogP contribution in [0.5, 0.6) is 0 Å². The highest BCUT2D eigenvalue weighted by atomic mass is 14.2. The van der Waals surface area contributed by atoms with E-state index in [1.165, 1.54) is 194 Å². The molecule has 0 heterocycles. The maximum atomic E-state index is 2.33. The SMILES string of the molecule is c1cc2ccc1c1ccc(cc1)c1ccc3ccc4c(ccc5ccc1c3c54)c1ccc(cc1)c1ccc(cc1)c1ccc3ccc4c(ccc5ccc1c3c54)c1ccc(cc1)c1ccc(cc1)c1ccc3ccc4c2ccc2ccc1c3c24. The summed E-state index contributed by atoms with van der Waals surface area (Å²) in [6.07, 6.45) is 0. The third-order valence-corrected chi connectivity index (χ3v) is 19.2. The van der Waals surface area contributed by atoms with Gasteiger partial charge < -0.3 is 0 Å². The highest BCUT2D eigenvalue weighted by molar-refractivity contribution is 6.34. The molecule has 25 rings (SSSR count). The standard InChI is InChI=1S/C84H48/c1-13-55-14-2-49(1)50-3-15-56(16-4-50)68-38-26-63-34-46-76-70(40-28-64-33-45-74(68)81(63)82(64)76)58-19-7-53(8-20-58)54-11-23-60(24-12-54)72-42-30-66-35-47-77-71(41-29-65-36-48-78(72)84(66)83(65)77)59-21-9-52(10-22-59)51-5-17-57(18-6-51)69-39-27-62-31-43-73-67(55)37-25-61-32-44-75(69)80(62)79(61)73/h1-48H. The van der Waals surface area contributed by atoms with E-state index in [1.54, 1.807) is 0 Å². The molecule has 0 amide bonds. The third-order valence-electron chi connectivity index (χ3n) is 19.2. The summed E-state index contributed by atoms with van der Waals surface area (Å²) in [6, 6.07) is 111. The van der Waals surface area contributed by atoms with Crippen LogP contribution in [0.25, 0.3) is 194 Å². The average Bonchev–Trinajstić information content (AvgIpc) is 3.61. The van der Waals surface area contributed by atoms with E-state index in [9.17, 15) is 0 Å². The van der Waals surface area contributed by atoms with Crippen molar-refractivity contribution in [3.8, 4) is 0 Å². The van der Waals surface area contributed by atoms with Crippen LogP contribution in [-0.4, -0.2) is 0 Å². The first-order chi connectivity index (χ1) is 41.6. The first-order valence-corrected chi connectivity index (χ1v) is 29.4. The Morgan fingerprint density at radius 2 is 0.167 bits per heavy atom. The summed E-state index contributed by atoms with van der Waals surface area (Å²) >= 11 is 0. The third kappa shape index (κ3) is 6.65. The molecule has 0 N–H and O–H groups in total. The summed E-state index contributed by atoms with van der Waals surface area (Å²) in [7, 11) is 0. The molecule has 0 spiro atoms. The van der Waals surface area contributed by atoms with Crippen LogP contribution in [0.15, 0.2) is 291 Å². The Morgan fingerprint density at radius 1 is 0.0714 bits per heavy atom. The van der Waals surface area contributed by atoms with Crippen LogP contribution in [0.2, 0.25) is 0 Å². The summed E-state index contributed by atoms with van der Waals surface area (Å²) in [5.41, 5.74) is 0. The molecule has 30 bridgehead atoms. The van der Waals surface area contributed by atoms with Gasteiger partial charge in [-0.15, -0.1) is 0 Å². The Morgan fingerprint density at radius 3 is 0.298 bits per heavy atom. The van der Waals surface area contributed by atoms with Gasteiger partial charge in [0.25, 0.3) is 0 Å². The van der Waals surface area contributed by atoms with Gasteiger partial charge in [-0.25, -0.2) is 0 Å². The van der Waals surface area contributed by atoms with Crippen LogP contribution in [0.3, 0.4) is 0 Å². The maximum Gasteiger partial charge on any atom is -0.00203 e. The molecule has 0 fully saturated rings. The van der Waals surface area contributed by atoms with Crippen molar-refractivity contribution >= 4 is 194 Å². The Kier molecular flexibility index (Phi) is 9.43. The van der Waals surface area contributed by atoms with Crippen molar-refractivity contribution < 1.29 is 0 Å². The van der Waals surface area contributed by atoms with Crippen LogP contribution in [0.1, 0.15) is 0 Å². The summed E-state index contributed by atoms with van der Waals surface area (Å²) in [6.45, 7) is 0. The lowest BCUT2D eigenvalue weighted by atomic mass is 9.90. The summed E-state index contributed by atoms with van der Waals surface area (Å²) in [5, 5.41) is 45.3. The second-order valence-corrected chi connectivity index (χ2v) is 23.4. The molecule has 0 heteroatoms. The second-order valence-electron chi connectivity index (χ2n) is 23.4. The second kappa shape index (κ2) is 17.3. The zero-order valence-electron chi connectivity index (χ0n) is 45.7. The molecule has 25 aromatic carbocycles. The van der Waals surface area contributed by atoms with Crippen molar-refractivity contribution in [2.24, 2.45) is 0 Å². The van der Waals surface area contributed by atoms with Gasteiger partial charge in [0.05, 0.1) is 0 Å². The van der Waals surface area contributed by atoms with Gasteiger partial charge in [0, 0.05) is 0 Å². The highest BCUT2D eigenvalue weighted by Crippen LogP contribution is 2.44. The fourth-order valence-corrected chi connectivity index (χ4v) is 15.0. The Hall–Kier alpha value is -10.9. The zero-order chi connectivity index (χ0) is 54.7. The normalized spacial score (nSPS) is 12.3. The lowest BCUT2D eigenvalue weighted by Gasteiger charge is -2.13. The Bertz CT molecular complexity index is 5220. The molecule has 0 aliphatic carbocycles. The largest absolute Gasteiger partial charge is 0.0538 e. The predicted octanol–water partition coefficient (Wildman–Crippen LogP) is 24.1. The average molecular weight is 1060 g/mol. The van der Waals surface area contributed by atoms with Gasteiger partial charge >= 0.3 is 0 Å². The van der Waals surface area contributed by atoms with Crippen molar-refractivity contribution in [2.75, 3.05) is 0 Å². The smallest absolute Gasteiger partial charge is 0.00203 e. The minimum absolute atomic E-state index is 1.21. The zero-order valence-corrected chi connectivity index (χ0v) is 45.7. The van der Waals surface area contributed by atoms with E-state index in [4.69, 9.17) is 0 Å². The van der Waals surface area contributed by atoms with Crippen LogP contribution < -0.4 is 0 Å². The Labute approximate surface area is 482 Å². The first-order valence-electron chi connectivity index (χ1n) is 29.4. The van der Waals surface area contributed by atoms with Crippen LogP contribution >= 0.6 is 0 Å². The monoisotopic (exact) mass is 1060 g/mol. The van der Waals surface area contributed by atoms with E-state index >= 15 is 0 Å². The summed E-state index contributed by atoms with van der Waals surface area (Å²) in [4.78, 5) is 0. The number of hydrogen-bond donors (Lipinski definition) is 0. The van der Waals surface area contributed by atoms with Crippen molar-refractivity contribution in [2.45, 2.75) is 0 Å². The topological polar surface area (TPSA) is 0 Å². The van der Waals surface area contributed by atoms with Gasteiger partial charge in [-0.05, 0) is 194 Å². The molecule has 25 aromatic rings. The quantitative estimate of drug-likeness (QED) is 0.133. The molecule has 0 saturated heterocycles. The Balaban J connectivity index is 0.836. The first kappa shape index (κ1) is 45.8. The molecule has 0 nitrogen and oxygen atoms in total. The molecular weight excluding hydrogens is 1010 g/mol. The van der Waals surface area contributed by atoms with Crippen molar-refractivity contribution in [3.05, 3.63) is 291 Å². The summed E-state index contributed by atoms with van der Waals surface area (Å²) < 4.78 is 0. The molecule has 0 aliphatic heterocycles. The minimum atomic E-state index is 1.21. The molecule has 0 atom stereocenters. The molecule has 84 heavy (non-hydrogen) atoms. The van der Waals surface area contributed by atoms with Gasteiger partial charge in [-0.2, -0.15) is 0 Å². The minimum Gasteiger partial charge on any atom is -0.0538 e. The van der Waals surface area contributed by atoms with Gasteiger partial charge in [-0.1, -0.05) is 291 Å². The number of hydrogen-bond acceptors (Lipinski definition) is 0. The molecule has 0 aliphatic rings. The van der Waals surface area contributed by atoms with Crippen molar-refractivity contribution in [3.63, 3.8) is 0 Å². The van der Waals surface area contributed by atoms with Crippen molar-refractivity contribution in [1.29, 1.82) is 0 Å². The number of rotatable bonds is 0. The van der Waals surface area contributed by atoms with Crippen molar-refractivity contribution in [1.82, 2.24) is 0 Å². The molecule has 0 radical (unpaired) electrons. The fourth-order valence-electron chi connectivity index (χ4n) is 15.0. The van der Waals surface area contributed by atoms with Gasteiger partial charge in [0.1, 0.15) is 0 Å². The molecule has 384 valence electrons.